The number of amides is 2. The highest BCUT2D eigenvalue weighted by Gasteiger charge is 2.25. The van der Waals surface area contributed by atoms with E-state index >= 15 is 0 Å². The van der Waals surface area contributed by atoms with Crippen molar-refractivity contribution >= 4 is 29.3 Å². The van der Waals surface area contributed by atoms with Gasteiger partial charge in [-0.05, 0) is 30.3 Å². The molecule has 0 saturated heterocycles. The lowest BCUT2D eigenvalue weighted by Gasteiger charge is -2.28. The summed E-state index contributed by atoms with van der Waals surface area (Å²) in [5.74, 6) is 0.768. The predicted molar refractivity (Wildman–Crippen MR) is 96.0 cm³/mol. The van der Waals surface area contributed by atoms with Gasteiger partial charge in [-0.25, -0.2) is 0 Å². The Kier molecular flexibility index (Phi) is 4.70. The molecule has 2 amide bonds. The second-order valence-electron chi connectivity index (χ2n) is 5.43. The van der Waals surface area contributed by atoms with Gasteiger partial charge in [0.15, 0.2) is 0 Å². The Hall–Kier alpha value is -3.28. The quantitative estimate of drug-likeness (QED) is 0.871. The SMILES string of the molecule is COc1ccc(/C=C/C(=O)N2CC(=O)Nc3ccccc32)c(OC)c1. The number of benzene rings is 2. The van der Waals surface area contributed by atoms with Crippen LogP contribution in [0.3, 0.4) is 0 Å². The maximum atomic E-state index is 12.6. The van der Waals surface area contributed by atoms with Gasteiger partial charge in [-0.15, -0.1) is 0 Å². The number of methoxy groups -OCH3 is 2. The maximum Gasteiger partial charge on any atom is 0.251 e. The van der Waals surface area contributed by atoms with Gasteiger partial charge in [-0.2, -0.15) is 0 Å². The van der Waals surface area contributed by atoms with Crippen LogP contribution in [0.25, 0.3) is 6.08 Å². The highest BCUT2D eigenvalue weighted by molar-refractivity contribution is 6.13. The number of para-hydroxylation sites is 2. The fraction of sp³-hybridized carbons (Fsp3) is 0.158. The molecule has 0 atom stereocenters. The van der Waals surface area contributed by atoms with Crippen LogP contribution in [0.15, 0.2) is 48.5 Å². The van der Waals surface area contributed by atoms with Crippen molar-refractivity contribution in [3.05, 3.63) is 54.1 Å². The number of hydrogen-bond acceptors (Lipinski definition) is 4. The molecule has 3 rings (SSSR count). The van der Waals surface area contributed by atoms with Crippen LogP contribution < -0.4 is 19.7 Å². The number of carbonyl (C=O) groups excluding carboxylic acids is 2. The largest absolute Gasteiger partial charge is 0.497 e. The summed E-state index contributed by atoms with van der Waals surface area (Å²) in [6, 6.07) is 12.5. The maximum absolute atomic E-state index is 12.6. The summed E-state index contributed by atoms with van der Waals surface area (Å²) in [6.07, 6.45) is 3.09. The van der Waals surface area contributed by atoms with E-state index in [-0.39, 0.29) is 18.4 Å². The monoisotopic (exact) mass is 338 g/mol. The van der Waals surface area contributed by atoms with Crippen LogP contribution in [0.1, 0.15) is 5.56 Å². The number of carbonyl (C=O) groups is 2. The normalized spacial score (nSPS) is 13.4. The van der Waals surface area contributed by atoms with Gasteiger partial charge in [-0.1, -0.05) is 12.1 Å². The predicted octanol–water partition coefficient (Wildman–Crippen LogP) is 2.70. The molecule has 1 aliphatic heterocycles. The number of nitrogens with zero attached hydrogens (tertiary/aromatic N) is 1. The lowest BCUT2D eigenvalue weighted by molar-refractivity contribution is -0.119. The first-order chi connectivity index (χ1) is 12.1. The Morgan fingerprint density at radius 3 is 2.72 bits per heavy atom. The number of hydrogen-bond donors (Lipinski definition) is 1. The van der Waals surface area contributed by atoms with E-state index in [1.807, 2.05) is 12.1 Å². The van der Waals surface area contributed by atoms with E-state index in [2.05, 4.69) is 5.32 Å². The van der Waals surface area contributed by atoms with Crippen molar-refractivity contribution < 1.29 is 19.1 Å². The van der Waals surface area contributed by atoms with E-state index in [1.165, 1.54) is 11.0 Å². The van der Waals surface area contributed by atoms with Crippen LogP contribution in [0, 0.1) is 0 Å². The molecule has 0 aliphatic carbocycles. The first-order valence-electron chi connectivity index (χ1n) is 7.73. The average Bonchev–Trinajstić information content (AvgIpc) is 2.65. The fourth-order valence-corrected chi connectivity index (χ4v) is 2.64. The van der Waals surface area contributed by atoms with Crippen LogP contribution in [-0.2, 0) is 9.59 Å². The van der Waals surface area contributed by atoms with E-state index in [0.29, 0.717) is 22.9 Å². The zero-order chi connectivity index (χ0) is 17.8. The Morgan fingerprint density at radius 1 is 1.16 bits per heavy atom. The molecule has 1 heterocycles. The number of anilines is 2. The first kappa shape index (κ1) is 16.6. The molecular weight excluding hydrogens is 320 g/mol. The lowest BCUT2D eigenvalue weighted by Crippen LogP contribution is -2.41. The smallest absolute Gasteiger partial charge is 0.251 e. The average molecular weight is 338 g/mol. The molecule has 0 spiro atoms. The molecule has 1 N–H and O–H groups in total. The minimum Gasteiger partial charge on any atom is -0.497 e. The second kappa shape index (κ2) is 7.09. The summed E-state index contributed by atoms with van der Waals surface area (Å²) < 4.78 is 10.5. The Morgan fingerprint density at radius 2 is 1.96 bits per heavy atom. The van der Waals surface area contributed by atoms with Crippen LogP contribution in [0.4, 0.5) is 11.4 Å². The van der Waals surface area contributed by atoms with Crippen molar-refractivity contribution in [2.24, 2.45) is 0 Å². The van der Waals surface area contributed by atoms with E-state index < -0.39 is 0 Å². The van der Waals surface area contributed by atoms with Gasteiger partial charge in [0.05, 0.1) is 25.6 Å². The van der Waals surface area contributed by atoms with Crippen molar-refractivity contribution in [1.29, 1.82) is 0 Å². The molecule has 2 aromatic rings. The van der Waals surface area contributed by atoms with Gasteiger partial charge in [0, 0.05) is 17.7 Å². The Bertz CT molecular complexity index is 845. The molecule has 0 aromatic heterocycles. The zero-order valence-corrected chi connectivity index (χ0v) is 14.0. The van der Waals surface area contributed by atoms with Crippen molar-refractivity contribution in [3.8, 4) is 11.5 Å². The summed E-state index contributed by atoms with van der Waals surface area (Å²) in [6.45, 7) is -0.0140. The van der Waals surface area contributed by atoms with Crippen molar-refractivity contribution in [2.75, 3.05) is 31.0 Å². The number of fused-ring (bicyclic) bond motifs is 1. The first-order valence-corrected chi connectivity index (χ1v) is 7.73. The van der Waals surface area contributed by atoms with Gasteiger partial charge in [0.1, 0.15) is 18.0 Å². The van der Waals surface area contributed by atoms with E-state index in [0.717, 1.165) is 5.56 Å². The van der Waals surface area contributed by atoms with Crippen molar-refractivity contribution in [1.82, 2.24) is 0 Å². The number of rotatable bonds is 4. The molecule has 25 heavy (non-hydrogen) atoms. The highest BCUT2D eigenvalue weighted by Crippen LogP contribution is 2.30. The van der Waals surface area contributed by atoms with E-state index in [9.17, 15) is 9.59 Å². The third kappa shape index (κ3) is 3.47. The molecule has 0 saturated carbocycles. The van der Waals surface area contributed by atoms with Crippen LogP contribution >= 0.6 is 0 Å². The summed E-state index contributed by atoms with van der Waals surface area (Å²) in [7, 11) is 3.13. The zero-order valence-electron chi connectivity index (χ0n) is 14.0. The van der Waals surface area contributed by atoms with E-state index in [4.69, 9.17) is 9.47 Å². The van der Waals surface area contributed by atoms with Crippen LogP contribution in [0.5, 0.6) is 11.5 Å². The molecule has 0 fully saturated rings. The van der Waals surface area contributed by atoms with Crippen LogP contribution in [-0.4, -0.2) is 32.6 Å². The fourth-order valence-electron chi connectivity index (χ4n) is 2.64. The van der Waals surface area contributed by atoms with E-state index in [1.54, 1.807) is 50.6 Å². The molecule has 2 aromatic carbocycles. The minimum absolute atomic E-state index is 0.0140. The Balaban J connectivity index is 1.85. The third-order valence-corrected chi connectivity index (χ3v) is 3.88. The highest BCUT2D eigenvalue weighted by atomic mass is 16.5. The summed E-state index contributed by atoms with van der Waals surface area (Å²) in [5.41, 5.74) is 2.05. The van der Waals surface area contributed by atoms with Crippen LogP contribution in [0.2, 0.25) is 0 Å². The Labute approximate surface area is 145 Å². The van der Waals surface area contributed by atoms with Gasteiger partial charge in [0.25, 0.3) is 5.91 Å². The summed E-state index contributed by atoms with van der Waals surface area (Å²) in [5, 5.41) is 2.76. The third-order valence-electron chi connectivity index (χ3n) is 3.88. The van der Waals surface area contributed by atoms with Gasteiger partial charge in [-0.3, -0.25) is 14.5 Å². The number of ether oxygens (including phenoxy) is 2. The van der Waals surface area contributed by atoms with Crippen molar-refractivity contribution in [3.63, 3.8) is 0 Å². The van der Waals surface area contributed by atoms with Crippen molar-refractivity contribution in [2.45, 2.75) is 0 Å². The van der Waals surface area contributed by atoms with Gasteiger partial charge in [0.2, 0.25) is 5.91 Å². The molecule has 0 unspecified atom stereocenters. The summed E-state index contributed by atoms with van der Waals surface area (Å²) >= 11 is 0. The standard InChI is InChI=1S/C19H18N2O4/c1-24-14-9-7-13(17(11-14)25-2)8-10-19(23)21-12-18(22)20-15-5-3-4-6-16(15)21/h3-11H,12H2,1-2H3,(H,20,22)/b10-8+. The molecule has 128 valence electrons. The molecular formula is C19H18N2O4. The molecule has 6 heteroatoms. The lowest BCUT2D eigenvalue weighted by atomic mass is 10.1. The van der Waals surface area contributed by atoms with Gasteiger partial charge >= 0.3 is 0 Å². The second-order valence-corrected chi connectivity index (χ2v) is 5.43. The van der Waals surface area contributed by atoms with Gasteiger partial charge < -0.3 is 14.8 Å². The molecule has 0 bridgehead atoms. The molecule has 1 aliphatic rings. The minimum atomic E-state index is -0.278. The molecule has 0 radical (unpaired) electrons. The summed E-state index contributed by atoms with van der Waals surface area (Å²) in [4.78, 5) is 25.9. The number of nitrogens with one attached hydrogen (secondary N) is 1. The topological polar surface area (TPSA) is 67.9 Å². The molecule has 6 nitrogen and oxygen atoms in total.